The number of halogens is 3. The fourth-order valence-corrected chi connectivity index (χ4v) is 6.04. The number of nitrogens with zero attached hydrogens (tertiary/aromatic N) is 4. The van der Waals surface area contributed by atoms with Gasteiger partial charge in [0.15, 0.2) is 0 Å². The molecule has 0 spiro atoms. The van der Waals surface area contributed by atoms with Crippen LogP contribution in [0, 0.1) is 0 Å². The molecule has 0 aliphatic rings. The molecule has 0 aliphatic heterocycles. The number of aromatic nitrogens is 2. The standard InChI is InChI=1S/C39H41F3N4O2/c1-4-44(5-2)23-24-45(26-30-15-17-31(18-16-30)32-19-21-33(22-20-32)39(40,41)42)36(47)27-46-35-14-10-9-13-34(35)38(48)43-37(46)28(3)25-29-11-7-6-8-12-29/h6-22,28H,4-5,23-27H2,1-3H3. The van der Waals surface area contributed by atoms with Crippen LogP contribution in [0.15, 0.2) is 108 Å². The van der Waals surface area contributed by atoms with Crippen LogP contribution in [0.4, 0.5) is 13.2 Å². The van der Waals surface area contributed by atoms with Crippen molar-refractivity contribution in [2.24, 2.45) is 0 Å². The lowest BCUT2D eigenvalue weighted by Gasteiger charge is -2.28. The van der Waals surface area contributed by atoms with Crippen LogP contribution >= 0.6 is 0 Å². The number of alkyl halides is 3. The van der Waals surface area contributed by atoms with Crippen molar-refractivity contribution in [3.63, 3.8) is 0 Å². The summed E-state index contributed by atoms with van der Waals surface area (Å²) in [4.78, 5) is 36.0. The lowest BCUT2D eigenvalue weighted by molar-refractivity contribution is -0.137. The minimum absolute atomic E-state index is 0.0180. The molecule has 250 valence electrons. The summed E-state index contributed by atoms with van der Waals surface area (Å²) in [5.41, 5.74) is 3.16. The number of para-hydroxylation sites is 1. The zero-order chi connectivity index (χ0) is 34.3. The minimum atomic E-state index is -4.39. The lowest BCUT2D eigenvalue weighted by Crippen LogP contribution is -2.40. The molecule has 1 unspecified atom stereocenters. The maximum Gasteiger partial charge on any atom is 0.416 e. The molecule has 1 heterocycles. The van der Waals surface area contributed by atoms with Gasteiger partial charge >= 0.3 is 6.18 Å². The van der Waals surface area contributed by atoms with Gasteiger partial charge in [-0.05, 0) is 66.0 Å². The third-order valence-electron chi connectivity index (χ3n) is 8.84. The highest BCUT2D eigenvalue weighted by Gasteiger charge is 2.30. The average Bonchev–Trinajstić information content (AvgIpc) is 3.09. The molecule has 0 bridgehead atoms. The summed E-state index contributed by atoms with van der Waals surface area (Å²) < 4.78 is 41.0. The van der Waals surface area contributed by atoms with Gasteiger partial charge in [-0.1, -0.05) is 99.6 Å². The van der Waals surface area contributed by atoms with E-state index in [0.29, 0.717) is 48.3 Å². The second-order valence-corrected chi connectivity index (χ2v) is 12.1. The maximum atomic E-state index is 14.3. The zero-order valence-corrected chi connectivity index (χ0v) is 27.6. The average molecular weight is 655 g/mol. The molecule has 6 nitrogen and oxygen atoms in total. The number of carbonyl (C=O) groups excluding carboxylic acids is 1. The van der Waals surface area contributed by atoms with E-state index in [1.807, 2.05) is 83.1 Å². The smallest absolute Gasteiger partial charge is 0.336 e. The Morgan fingerprint density at radius 3 is 2.02 bits per heavy atom. The molecule has 9 heteroatoms. The molecule has 5 aromatic rings. The molecule has 1 amide bonds. The Labute approximate surface area is 279 Å². The summed E-state index contributed by atoms with van der Waals surface area (Å²) >= 11 is 0. The molecular weight excluding hydrogens is 613 g/mol. The van der Waals surface area contributed by atoms with E-state index in [0.717, 1.165) is 41.9 Å². The van der Waals surface area contributed by atoms with Crippen molar-refractivity contribution in [1.29, 1.82) is 0 Å². The van der Waals surface area contributed by atoms with Crippen molar-refractivity contribution in [3.05, 3.63) is 136 Å². The first kappa shape index (κ1) is 34.6. The Morgan fingerprint density at radius 1 is 0.792 bits per heavy atom. The molecule has 1 atom stereocenters. The fraction of sp³-hybridized carbons (Fsp3) is 0.308. The van der Waals surface area contributed by atoms with Crippen LogP contribution in [-0.2, 0) is 30.5 Å². The quantitative estimate of drug-likeness (QED) is 0.130. The van der Waals surface area contributed by atoms with Gasteiger partial charge in [-0.25, -0.2) is 0 Å². The molecular formula is C39H41F3N4O2. The van der Waals surface area contributed by atoms with Crippen LogP contribution in [0.25, 0.3) is 22.0 Å². The summed E-state index contributed by atoms with van der Waals surface area (Å²) in [5.74, 6) is 0.345. The Kier molecular flexibility index (Phi) is 11.1. The van der Waals surface area contributed by atoms with Crippen molar-refractivity contribution >= 4 is 16.8 Å². The molecule has 1 aromatic heterocycles. The fourth-order valence-electron chi connectivity index (χ4n) is 6.04. The van der Waals surface area contributed by atoms with Crippen LogP contribution in [0.1, 0.15) is 49.2 Å². The van der Waals surface area contributed by atoms with Crippen LogP contribution in [0.2, 0.25) is 0 Å². The second kappa shape index (κ2) is 15.4. The second-order valence-electron chi connectivity index (χ2n) is 12.1. The highest BCUT2D eigenvalue weighted by molar-refractivity contribution is 5.82. The van der Waals surface area contributed by atoms with Gasteiger partial charge in [-0.15, -0.1) is 0 Å². The number of benzene rings is 4. The number of amides is 1. The Bertz CT molecular complexity index is 1870. The van der Waals surface area contributed by atoms with Gasteiger partial charge in [0, 0.05) is 25.6 Å². The van der Waals surface area contributed by atoms with E-state index >= 15 is 0 Å². The van der Waals surface area contributed by atoms with Crippen molar-refractivity contribution in [2.45, 2.75) is 52.4 Å². The number of hydrogen-bond donors (Lipinski definition) is 0. The van der Waals surface area contributed by atoms with Crippen molar-refractivity contribution in [2.75, 3.05) is 26.2 Å². The van der Waals surface area contributed by atoms with E-state index in [2.05, 4.69) is 23.7 Å². The van der Waals surface area contributed by atoms with Crippen molar-refractivity contribution in [1.82, 2.24) is 19.4 Å². The largest absolute Gasteiger partial charge is 0.416 e. The van der Waals surface area contributed by atoms with Crippen LogP contribution in [0.3, 0.4) is 0 Å². The lowest BCUT2D eigenvalue weighted by atomic mass is 9.99. The van der Waals surface area contributed by atoms with E-state index < -0.39 is 11.7 Å². The molecule has 0 fully saturated rings. The zero-order valence-electron chi connectivity index (χ0n) is 27.6. The number of rotatable bonds is 13. The molecule has 4 aromatic carbocycles. The van der Waals surface area contributed by atoms with Crippen LogP contribution < -0.4 is 5.56 Å². The SMILES string of the molecule is CCN(CC)CCN(Cc1ccc(-c2ccc(C(F)(F)F)cc2)cc1)C(=O)Cn1c(C(C)Cc2ccccc2)nc(=O)c2ccccc21. The topological polar surface area (TPSA) is 58.4 Å². The molecule has 0 aliphatic carbocycles. The number of fused-ring (bicyclic) bond motifs is 1. The minimum Gasteiger partial charge on any atom is -0.336 e. The van der Waals surface area contributed by atoms with Gasteiger partial charge in [-0.3, -0.25) is 9.59 Å². The summed E-state index contributed by atoms with van der Waals surface area (Å²) in [7, 11) is 0. The Morgan fingerprint density at radius 2 is 1.40 bits per heavy atom. The summed E-state index contributed by atoms with van der Waals surface area (Å²) in [6.45, 7) is 9.50. The third-order valence-corrected chi connectivity index (χ3v) is 8.84. The molecule has 0 saturated heterocycles. The summed E-state index contributed by atoms with van der Waals surface area (Å²) in [5, 5.41) is 0.467. The predicted molar refractivity (Wildman–Crippen MR) is 185 cm³/mol. The first-order valence-electron chi connectivity index (χ1n) is 16.4. The Balaban J connectivity index is 1.43. The van der Waals surface area contributed by atoms with E-state index in [1.165, 1.54) is 12.1 Å². The van der Waals surface area contributed by atoms with Gasteiger partial charge in [0.2, 0.25) is 5.91 Å². The molecule has 48 heavy (non-hydrogen) atoms. The molecule has 0 N–H and O–H groups in total. The summed E-state index contributed by atoms with van der Waals surface area (Å²) in [6, 6.07) is 30.0. The highest BCUT2D eigenvalue weighted by atomic mass is 19.4. The monoisotopic (exact) mass is 654 g/mol. The van der Waals surface area contributed by atoms with E-state index in [-0.39, 0.29) is 23.9 Å². The summed E-state index contributed by atoms with van der Waals surface area (Å²) in [6.07, 6.45) is -3.72. The van der Waals surface area contributed by atoms with Crippen LogP contribution in [-0.4, -0.2) is 51.4 Å². The Hall–Kier alpha value is -4.76. The van der Waals surface area contributed by atoms with Gasteiger partial charge in [0.05, 0.1) is 16.5 Å². The molecule has 5 rings (SSSR count). The van der Waals surface area contributed by atoms with Gasteiger partial charge in [-0.2, -0.15) is 18.2 Å². The van der Waals surface area contributed by atoms with E-state index in [1.54, 1.807) is 12.1 Å². The predicted octanol–water partition coefficient (Wildman–Crippen LogP) is 7.80. The maximum absolute atomic E-state index is 14.3. The molecule has 0 radical (unpaired) electrons. The third kappa shape index (κ3) is 8.39. The molecule has 0 saturated carbocycles. The normalized spacial score (nSPS) is 12.4. The number of hydrogen-bond acceptors (Lipinski definition) is 4. The first-order chi connectivity index (χ1) is 23.1. The van der Waals surface area contributed by atoms with E-state index in [9.17, 15) is 22.8 Å². The van der Waals surface area contributed by atoms with Gasteiger partial charge < -0.3 is 14.4 Å². The van der Waals surface area contributed by atoms with E-state index in [4.69, 9.17) is 0 Å². The first-order valence-corrected chi connectivity index (χ1v) is 16.4. The van der Waals surface area contributed by atoms with Gasteiger partial charge in [0.1, 0.15) is 12.4 Å². The number of carbonyl (C=O) groups is 1. The van der Waals surface area contributed by atoms with Crippen LogP contribution in [0.5, 0.6) is 0 Å². The van der Waals surface area contributed by atoms with Gasteiger partial charge in [0.25, 0.3) is 5.56 Å². The van der Waals surface area contributed by atoms with Crippen molar-refractivity contribution in [3.8, 4) is 11.1 Å². The van der Waals surface area contributed by atoms with Crippen molar-refractivity contribution < 1.29 is 18.0 Å². The number of likely N-dealkylation sites (N-methyl/N-ethyl adjacent to an activating group) is 1. The highest BCUT2D eigenvalue weighted by Crippen LogP contribution is 2.31.